The molecule has 2 atom stereocenters. The lowest BCUT2D eigenvalue weighted by atomic mass is 10.1. The molecule has 3 rings (SSSR count). The molecule has 2 N–H and O–H groups in total. The molecule has 0 bridgehead atoms. The molecule has 142 valence electrons. The molecular weight excluding hydrogens is 363 g/mol. The second-order valence-electron chi connectivity index (χ2n) is 6.27. The molecule has 1 amide bonds. The normalized spacial score (nSPS) is 18.6. The summed E-state index contributed by atoms with van der Waals surface area (Å²) in [5.41, 5.74) is 0.280. The SMILES string of the molecule is O=C(O)COc1ccc(NC(=O)C2CC2c2cccc(C(F)(F)F)c2)cc1. The van der Waals surface area contributed by atoms with Crippen LogP contribution in [0.5, 0.6) is 5.75 Å². The van der Waals surface area contributed by atoms with Crippen molar-refractivity contribution in [2.45, 2.75) is 18.5 Å². The minimum absolute atomic E-state index is 0.231. The molecule has 0 aromatic heterocycles. The highest BCUT2D eigenvalue weighted by molar-refractivity contribution is 5.95. The lowest BCUT2D eigenvalue weighted by Gasteiger charge is -2.09. The maximum atomic E-state index is 12.8. The molecular formula is C19H16F3NO4. The van der Waals surface area contributed by atoms with Crippen LogP contribution in [0.3, 0.4) is 0 Å². The first-order valence-electron chi connectivity index (χ1n) is 8.17. The molecule has 2 unspecified atom stereocenters. The first-order valence-corrected chi connectivity index (χ1v) is 8.17. The van der Waals surface area contributed by atoms with E-state index in [1.54, 1.807) is 18.2 Å². The van der Waals surface area contributed by atoms with E-state index in [2.05, 4.69) is 5.32 Å². The predicted octanol–water partition coefficient (Wildman–Crippen LogP) is 3.91. The van der Waals surface area contributed by atoms with Crippen molar-refractivity contribution < 1.29 is 32.6 Å². The Hall–Kier alpha value is -3.03. The fourth-order valence-corrected chi connectivity index (χ4v) is 2.81. The molecule has 1 aliphatic rings. The molecule has 2 aromatic carbocycles. The molecule has 1 aliphatic carbocycles. The number of aliphatic carboxylic acids is 1. The summed E-state index contributed by atoms with van der Waals surface area (Å²) in [7, 11) is 0. The van der Waals surface area contributed by atoms with E-state index < -0.39 is 24.3 Å². The number of hydrogen-bond donors (Lipinski definition) is 2. The summed E-state index contributed by atoms with van der Waals surface area (Å²) in [6.07, 6.45) is -3.92. The van der Waals surface area contributed by atoms with Crippen molar-refractivity contribution in [3.8, 4) is 5.75 Å². The summed E-state index contributed by atoms with van der Waals surface area (Å²) in [6, 6.07) is 11.2. The summed E-state index contributed by atoms with van der Waals surface area (Å²) in [6.45, 7) is -0.466. The van der Waals surface area contributed by atoms with Crippen LogP contribution in [-0.2, 0) is 15.8 Å². The first-order chi connectivity index (χ1) is 12.7. The van der Waals surface area contributed by atoms with Gasteiger partial charge >= 0.3 is 12.1 Å². The fraction of sp³-hybridized carbons (Fsp3) is 0.263. The number of carboxylic acid groups (broad SMARTS) is 1. The number of rotatable bonds is 6. The maximum Gasteiger partial charge on any atom is 0.416 e. The number of carbonyl (C=O) groups is 2. The zero-order valence-electron chi connectivity index (χ0n) is 14.0. The Morgan fingerprint density at radius 2 is 1.85 bits per heavy atom. The van der Waals surface area contributed by atoms with E-state index in [0.717, 1.165) is 12.1 Å². The van der Waals surface area contributed by atoms with Crippen molar-refractivity contribution in [2.24, 2.45) is 5.92 Å². The molecule has 27 heavy (non-hydrogen) atoms. The third kappa shape index (κ3) is 4.78. The van der Waals surface area contributed by atoms with Crippen molar-refractivity contribution in [3.05, 3.63) is 59.7 Å². The van der Waals surface area contributed by atoms with Crippen LogP contribution in [0.4, 0.5) is 18.9 Å². The van der Waals surface area contributed by atoms with Crippen LogP contribution in [0.2, 0.25) is 0 Å². The van der Waals surface area contributed by atoms with Gasteiger partial charge in [-0.15, -0.1) is 0 Å². The van der Waals surface area contributed by atoms with Crippen LogP contribution in [0.25, 0.3) is 0 Å². The van der Waals surface area contributed by atoms with Gasteiger partial charge in [-0.3, -0.25) is 4.79 Å². The molecule has 5 nitrogen and oxygen atoms in total. The molecule has 0 aliphatic heterocycles. The van der Waals surface area contributed by atoms with E-state index in [0.29, 0.717) is 23.4 Å². The minimum atomic E-state index is -4.41. The van der Waals surface area contributed by atoms with Crippen molar-refractivity contribution in [2.75, 3.05) is 11.9 Å². The Balaban J connectivity index is 1.58. The Morgan fingerprint density at radius 1 is 1.15 bits per heavy atom. The number of amides is 1. The highest BCUT2D eigenvalue weighted by atomic mass is 19.4. The van der Waals surface area contributed by atoms with Crippen molar-refractivity contribution in [3.63, 3.8) is 0 Å². The van der Waals surface area contributed by atoms with Gasteiger partial charge in [-0.2, -0.15) is 13.2 Å². The van der Waals surface area contributed by atoms with Crippen molar-refractivity contribution in [1.82, 2.24) is 0 Å². The second kappa shape index (κ2) is 7.30. The Labute approximate surface area is 152 Å². The molecule has 1 saturated carbocycles. The number of nitrogens with one attached hydrogen (secondary N) is 1. The largest absolute Gasteiger partial charge is 0.482 e. The molecule has 1 fully saturated rings. The number of carbonyl (C=O) groups excluding carboxylic acids is 1. The monoisotopic (exact) mass is 379 g/mol. The summed E-state index contributed by atoms with van der Waals surface area (Å²) in [5.74, 6) is -1.62. The van der Waals surface area contributed by atoms with Crippen LogP contribution in [0.1, 0.15) is 23.5 Å². The topological polar surface area (TPSA) is 75.6 Å². The van der Waals surface area contributed by atoms with Gasteiger partial charge in [0, 0.05) is 11.6 Å². The smallest absolute Gasteiger partial charge is 0.416 e. The minimum Gasteiger partial charge on any atom is -0.482 e. The lowest BCUT2D eigenvalue weighted by Crippen LogP contribution is -2.14. The predicted molar refractivity (Wildman–Crippen MR) is 90.5 cm³/mol. The standard InChI is InChI=1S/C19H16F3NO4/c20-19(21,22)12-3-1-2-11(8-12)15-9-16(15)18(26)23-13-4-6-14(7-5-13)27-10-17(24)25/h1-8,15-16H,9-10H2,(H,23,26)(H,24,25). The van der Waals surface area contributed by atoms with Gasteiger partial charge in [-0.1, -0.05) is 18.2 Å². The quantitative estimate of drug-likeness (QED) is 0.798. The van der Waals surface area contributed by atoms with Gasteiger partial charge in [-0.05, 0) is 48.2 Å². The zero-order chi connectivity index (χ0) is 19.6. The molecule has 2 aromatic rings. The average molecular weight is 379 g/mol. The second-order valence-corrected chi connectivity index (χ2v) is 6.27. The number of halogens is 3. The number of anilines is 1. The lowest BCUT2D eigenvalue weighted by molar-refractivity contribution is -0.139. The van der Waals surface area contributed by atoms with Crippen molar-refractivity contribution in [1.29, 1.82) is 0 Å². The van der Waals surface area contributed by atoms with Gasteiger partial charge in [0.25, 0.3) is 0 Å². The zero-order valence-corrected chi connectivity index (χ0v) is 14.0. The molecule has 8 heteroatoms. The average Bonchev–Trinajstić information content (AvgIpc) is 3.41. The molecule has 0 heterocycles. The maximum absolute atomic E-state index is 12.8. The molecule has 0 radical (unpaired) electrons. The number of benzene rings is 2. The van der Waals surface area contributed by atoms with Crippen molar-refractivity contribution >= 4 is 17.6 Å². The Morgan fingerprint density at radius 3 is 2.48 bits per heavy atom. The summed E-state index contributed by atoms with van der Waals surface area (Å²) in [5, 5.41) is 11.3. The van der Waals surface area contributed by atoms with Gasteiger partial charge in [0.2, 0.25) is 5.91 Å². The van der Waals surface area contributed by atoms with Gasteiger partial charge in [0.15, 0.2) is 6.61 Å². The number of hydrogen-bond acceptors (Lipinski definition) is 3. The van der Waals surface area contributed by atoms with Crippen LogP contribution in [0.15, 0.2) is 48.5 Å². The van der Waals surface area contributed by atoms with Gasteiger partial charge < -0.3 is 15.2 Å². The molecule has 0 spiro atoms. The van der Waals surface area contributed by atoms with E-state index in [9.17, 15) is 22.8 Å². The van der Waals surface area contributed by atoms with E-state index >= 15 is 0 Å². The fourth-order valence-electron chi connectivity index (χ4n) is 2.81. The van der Waals surface area contributed by atoms with E-state index in [-0.39, 0.29) is 17.7 Å². The summed E-state index contributed by atoms with van der Waals surface area (Å²) >= 11 is 0. The Bertz CT molecular complexity index is 849. The van der Waals surface area contributed by atoms with E-state index in [4.69, 9.17) is 9.84 Å². The van der Waals surface area contributed by atoms with Gasteiger partial charge in [0.05, 0.1) is 5.56 Å². The van der Waals surface area contributed by atoms with E-state index in [1.165, 1.54) is 18.2 Å². The highest BCUT2D eigenvalue weighted by Gasteiger charge is 2.44. The number of ether oxygens (including phenoxy) is 1. The summed E-state index contributed by atoms with van der Waals surface area (Å²) < 4.78 is 43.4. The number of alkyl halides is 3. The first kappa shape index (κ1) is 18.8. The van der Waals surface area contributed by atoms with Gasteiger partial charge in [-0.25, -0.2) is 4.79 Å². The van der Waals surface area contributed by atoms with Gasteiger partial charge in [0.1, 0.15) is 5.75 Å². The Kier molecular flexibility index (Phi) is 5.07. The van der Waals surface area contributed by atoms with Crippen LogP contribution < -0.4 is 10.1 Å². The van der Waals surface area contributed by atoms with Crippen LogP contribution in [0, 0.1) is 5.92 Å². The third-order valence-electron chi connectivity index (χ3n) is 4.25. The van der Waals surface area contributed by atoms with E-state index in [1.807, 2.05) is 0 Å². The number of carboxylic acids is 1. The highest BCUT2D eigenvalue weighted by Crippen LogP contribution is 2.48. The third-order valence-corrected chi connectivity index (χ3v) is 4.25. The molecule has 0 saturated heterocycles. The van der Waals surface area contributed by atoms with Crippen LogP contribution in [-0.4, -0.2) is 23.6 Å². The summed E-state index contributed by atoms with van der Waals surface area (Å²) in [4.78, 5) is 22.7. The van der Waals surface area contributed by atoms with Crippen LogP contribution >= 0.6 is 0 Å².